The van der Waals surface area contributed by atoms with Crippen LogP contribution in [0.3, 0.4) is 0 Å². The summed E-state index contributed by atoms with van der Waals surface area (Å²) in [5, 5.41) is 9.62. The van der Waals surface area contributed by atoms with Gasteiger partial charge >= 0.3 is 0 Å². The zero-order valence-corrected chi connectivity index (χ0v) is 12.3. The maximum Gasteiger partial charge on any atom is 0.226 e. The Morgan fingerprint density at radius 3 is 2.53 bits per heavy atom. The van der Waals surface area contributed by atoms with Crippen LogP contribution in [0.1, 0.15) is 19.8 Å². The molecule has 3 nitrogen and oxygen atoms in total. The largest absolute Gasteiger partial charge is 0.508 e. The molecule has 1 amide bonds. The molecule has 104 valence electrons. The van der Waals surface area contributed by atoms with Crippen LogP contribution in [0.2, 0.25) is 10.0 Å². The number of halogens is 2. The lowest BCUT2D eigenvalue weighted by atomic mass is 10.2. The molecule has 0 saturated heterocycles. The Balaban J connectivity index is 0.000000191. The van der Waals surface area contributed by atoms with Gasteiger partial charge in [0, 0.05) is 19.5 Å². The molecule has 5 heteroatoms. The van der Waals surface area contributed by atoms with Gasteiger partial charge in [0.2, 0.25) is 5.91 Å². The molecule has 1 N–H and O–H groups in total. The first kappa shape index (κ1) is 15.9. The van der Waals surface area contributed by atoms with E-state index >= 15 is 0 Å². The van der Waals surface area contributed by atoms with Crippen LogP contribution in [0.4, 0.5) is 0 Å². The van der Waals surface area contributed by atoms with Gasteiger partial charge in [-0.25, -0.2) is 0 Å². The first-order valence-corrected chi connectivity index (χ1v) is 6.87. The highest BCUT2D eigenvalue weighted by molar-refractivity contribution is 6.42. The maximum absolute atomic E-state index is 11.1. The fraction of sp³-hybridized carbons (Fsp3) is 0.357. The Morgan fingerprint density at radius 2 is 2.00 bits per heavy atom. The van der Waals surface area contributed by atoms with Gasteiger partial charge in [0.15, 0.2) is 0 Å². The second-order valence-electron chi connectivity index (χ2n) is 4.11. The van der Waals surface area contributed by atoms with Gasteiger partial charge in [-0.05, 0) is 24.6 Å². The first-order valence-electron chi connectivity index (χ1n) is 6.11. The molecule has 19 heavy (non-hydrogen) atoms. The SMILES string of the molecule is CCCN1CC=CCC1=O.Oc1ccc(Cl)c(Cl)c1. The van der Waals surface area contributed by atoms with Gasteiger partial charge in [-0.3, -0.25) is 4.79 Å². The molecule has 1 aromatic rings. The molecule has 0 fully saturated rings. The molecule has 1 aromatic carbocycles. The number of carbonyl (C=O) groups is 1. The Morgan fingerprint density at radius 1 is 1.26 bits per heavy atom. The molecule has 1 aliphatic rings. The summed E-state index contributed by atoms with van der Waals surface area (Å²) in [5.41, 5.74) is 0. The van der Waals surface area contributed by atoms with Gasteiger partial charge in [0.1, 0.15) is 5.75 Å². The Hall–Kier alpha value is -1.19. The van der Waals surface area contributed by atoms with Crippen molar-refractivity contribution in [2.24, 2.45) is 0 Å². The summed E-state index contributed by atoms with van der Waals surface area (Å²) in [6, 6.07) is 4.41. The lowest BCUT2D eigenvalue weighted by molar-refractivity contribution is -0.130. The summed E-state index contributed by atoms with van der Waals surface area (Å²) in [4.78, 5) is 12.9. The van der Waals surface area contributed by atoms with Crippen molar-refractivity contribution in [2.45, 2.75) is 19.8 Å². The fourth-order valence-electron chi connectivity index (χ4n) is 1.59. The second-order valence-corrected chi connectivity index (χ2v) is 4.93. The van der Waals surface area contributed by atoms with Crippen LogP contribution in [0.5, 0.6) is 5.75 Å². The summed E-state index contributed by atoms with van der Waals surface area (Å²) in [5.74, 6) is 0.397. The van der Waals surface area contributed by atoms with Crippen molar-refractivity contribution in [3.8, 4) is 5.75 Å². The molecule has 0 spiro atoms. The molecular formula is C14H17Cl2NO2. The number of hydrogen-bond acceptors (Lipinski definition) is 2. The van der Waals surface area contributed by atoms with Crippen molar-refractivity contribution < 1.29 is 9.90 Å². The van der Waals surface area contributed by atoms with E-state index in [4.69, 9.17) is 28.3 Å². The van der Waals surface area contributed by atoms with E-state index in [1.165, 1.54) is 12.1 Å². The third-order valence-corrected chi connectivity index (χ3v) is 3.27. The lowest BCUT2D eigenvalue weighted by Crippen LogP contribution is -2.33. The highest BCUT2D eigenvalue weighted by Gasteiger charge is 2.11. The topological polar surface area (TPSA) is 40.5 Å². The summed E-state index contributed by atoms with van der Waals surface area (Å²) in [6.45, 7) is 3.81. The van der Waals surface area contributed by atoms with Gasteiger partial charge in [-0.15, -0.1) is 0 Å². The number of aromatic hydroxyl groups is 1. The molecule has 0 bridgehead atoms. The summed E-state index contributed by atoms with van der Waals surface area (Å²) in [6.07, 6.45) is 5.64. The van der Waals surface area contributed by atoms with Crippen molar-refractivity contribution >= 4 is 29.1 Å². The molecule has 0 aliphatic carbocycles. The average Bonchev–Trinajstić information content (AvgIpc) is 2.38. The van der Waals surface area contributed by atoms with Crippen molar-refractivity contribution in [3.05, 3.63) is 40.4 Å². The third-order valence-electron chi connectivity index (χ3n) is 2.53. The quantitative estimate of drug-likeness (QED) is 0.842. The molecule has 0 atom stereocenters. The van der Waals surface area contributed by atoms with Crippen LogP contribution >= 0.6 is 23.2 Å². The van der Waals surface area contributed by atoms with Crippen molar-refractivity contribution in [2.75, 3.05) is 13.1 Å². The lowest BCUT2D eigenvalue weighted by Gasteiger charge is -2.22. The smallest absolute Gasteiger partial charge is 0.226 e. The number of benzene rings is 1. The van der Waals surface area contributed by atoms with Gasteiger partial charge < -0.3 is 10.0 Å². The van der Waals surface area contributed by atoms with Crippen LogP contribution < -0.4 is 0 Å². The summed E-state index contributed by atoms with van der Waals surface area (Å²) < 4.78 is 0. The van der Waals surface area contributed by atoms with Crippen molar-refractivity contribution in [3.63, 3.8) is 0 Å². The molecule has 1 aliphatic heterocycles. The Bertz CT molecular complexity index is 461. The molecule has 0 radical (unpaired) electrons. The predicted molar refractivity (Wildman–Crippen MR) is 78.8 cm³/mol. The predicted octanol–water partition coefficient (Wildman–Crippen LogP) is 3.88. The average molecular weight is 302 g/mol. The minimum absolute atomic E-state index is 0.129. The first-order chi connectivity index (χ1) is 9.04. The summed E-state index contributed by atoms with van der Waals surface area (Å²) >= 11 is 11.1. The Labute approximate surface area is 123 Å². The van der Waals surface area contributed by atoms with Crippen LogP contribution in [0.25, 0.3) is 0 Å². The molecule has 2 rings (SSSR count). The van der Waals surface area contributed by atoms with Crippen LogP contribution in [0, 0.1) is 0 Å². The zero-order chi connectivity index (χ0) is 14.3. The molecule has 0 unspecified atom stereocenters. The van der Waals surface area contributed by atoms with Crippen LogP contribution in [-0.4, -0.2) is 29.0 Å². The number of carbonyl (C=O) groups excluding carboxylic acids is 1. The monoisotopic (exact) mass is 301 g/mol. The van der Waals surface area contributed by atoms with E-state index in [1.807, 2.05) is 11.0 Å². The normalized spacial score (nSPS) is 14.1. The van der Waals surface area contributed by atoms with Crippen molar-refractivity contribution in [1.82, 2.24) is 4.90 Å². The fourth-order valence-corrected chi connectivity index (χ4v) is 1.88. The second kappa shape index (κ2) is 8.08. The number of rotatable bonds is 2. The number of phenolic OH excluding ortho intramolecular Hbond substituents is 1. The third kappa shape index (κ3) is 5.53. The van der Waals surface area contributed by atoms with E-state index in [2.05, 4.69) is 13.0 Å². The molecule has 0 saturated carbocycles. The minimum atomic E-state index is 0.129. The number of phenols is 1. The number of nitrogens with zero attached hydrogens (tertiary/aromatic N) is 1. The number of amides is 1. The molecule has 1 heterocycles. The van der Waals surface area contributed by atoms with E-state index in [-0.39, 0.29) is 11.7 Å². The zero-order valence-electron chi connectivity index (χ0n) is 10.8. The van der Waals surface area contributed by atoms with E-state index in [9.17, 15) is 4.79 Å². The molecule has 0 aromatic heterocycles. The van der Waals surface area contributed by atoms with Gasteiger partial charge in [-0.1, -0.05) is 42.3 Å². The van der Waals surface area contributed by atoms with E-state index in [0.717, 1.165) is 19.5 Å². The van der Waals surface area contributed by atoms with E-state index in [0.29, 0.717) is 16.5 Å². The Kier molecular flexibility index (Phi) is 6.74. The standard InChI is InChI=1S/C8H13NO.C6H4Cl2O/c1-2-6-9-7-4-3-5-8(9)10;7-5-2-1-4(9)3-6(5)8/h3-4H,2,5-7H2,1H3;1-3,9H. The van der Waals surface area contributed by atoms with E-state index < -0.39 is 0 Å². The van der Waals surface area contributed by atoms with Gasteiger partial charge in [0.05, 0.1) is 10.0 Å². The highest BCUT2D eigenvalue weighted by Crippen LogP contribution is 2.24. The minimum Gasteiger partial charge on any atom is -0.508 e. The van der Waals surface area contributed by atoms with Gasteiger partial charge in [-0.2, -0.15) is 0 Å². The molecular weight excluding hydrogens is 285 g/mol. The van der Waals surface area contributed by atoms with Gasteiger partial charge in [0.25, 0.3) is 0 Å². The summed E-state index contributed by atoms with van der Waals surface area (Å²) in [7, 11) is 0. The maximum atomic E-state index is 11.1. The van der Waals surface area contributed by atoms with Crippen molar-refractivity contribution in [1.29, 1.82) is 0 Å². The van der Waals surface area contributed by atoms with Crippen LogP contribution in [0.15, 0.2) is 30.4 Å². The highest BCUT2D eigenvalue weighted by atomic mass is 35.5. The van der Waals surface area contributed by atoms with E-state index in [1.54, 1.807) is 6.07 Å². The van der Waals surface area contributed by atoms with Crippen LogP contribution in [-0.2, 0) is 4.79 Å². The number of hydrogen-bond donors (Lipinski definition) is 1.